The topological polar surface area (TPSA) is 64.3 Å². The molecule has 4 heteroatoms. The number of ether oxygens (including phenoxy) is 1. The summed E-state index contributed by atoms with van der Waals surface area (Å²) in [6.45, 7) is 8.02. The Morgan fingerprint density at radius 2 is 2.12 bits per heavy atom. The maximum absolute atomic E-state index is 11.3. The summed E-state index contributed by atoms with van der Waals surface area (Å²) >= 11 is 0. The Bertz CT molecular complexity index is 205. The first-order valence-corrected chi connectivity index (χ1v) is 5.85. The fourth-order valence-electron chi connectivity index (χ4n) is 1.20. The SMILES string of the molecule is C=C(C)COCCNC(=O)CCCCCN. The molecule has 4 nitrogen and oxygen atoms in total. The zero-order valence-electron chi connectivity index (χ0n) is 10.3. The lowest BCUT2D eigenvalue weighted by Gasteiger charge is -2.06. The van der Waals surface area contributed by atoms with E-state index in [1.807, 2.05) is 6.92 Å². The molecule has 3 N–H and O–H groups in total. The lowest BCUT2D eigenvalue weighted by atomic mass is 10.2. The summed E-state index contributed by atoms with van der Waals surface area (Å²) in [4.78, 5) is 11.3. The fraction of sp³-hybridized carbons (Fsp3) is 0.750. The number of rotatable bonds is 10. The Kier molecular flexibility index (Phi) is 10.1. The van der Waals surface area contributed by atoms with Crippen LogP contribution in [0.3, 0.4) is 0 Å². The van der Waals surface area contributed by atoms with Crippen LogP contribution in [0.2, 0.25) is 0 Å². The highest BCUT2D eigenvalue weighted by atomic mass is 16.5. The van der Waals surface area contributed by atoms with Crippen LogP contribution in [0.1, 0.15) is 32.6 Å². The highest BCUT2D eigenvalue weighted by molar-refractivity contribution is 5.75. The van der Waals surface area contributed by atoms with Crippen molar-refractivity contribution in [3.8, 4) is 0 Å². The largest absolute Gasteiger partial charge is 0.375 e. The third-order valence-electron chi connectivity index (χ3n) is 2.02. The molecule has 0 aromatic carbocycles. The predicted molar refractivity (Wildman–Crippen MR) is 66.2 cm³/mol. The van der Waals surface area contributed by atoms with Crippen LogP contribution >= 0.6 is 0 Å². The summed E-state index contributed by atoms with van der Waals surface area (Å²) in [5.41, 5.74) is 6.35. The van der Waals surface area contributed by atoms with E-state index in [0.29, 0.717) is 32.7 Å². The molecule has 0 saturated heterocycles. The third kappa shape index (κ3) is 11.2. The molecular formula is C12H24N2O2. The van der Waals surface area contributed by atoms with Gasteiger partial charge in [-0.3, -0.25) is 4.79 Å². The van der Waals surface area contributed by atoms with Crippen molar-refractivity contribution in [2.75, 3.05) is 26.3 Å². The predicted octanol–water partition coefficient (Wildman–Crippen LogP) is 1.21. The van der Waals surface area contributed by atoms with Gasteiger partial charge in [0.25, 0.3) is 0 Å². The van der Waals surface area contributed by atoms with Crippen LogP contribution < -0.4 is 11.1 Å². The van der Waals surface area contributed by atoms with Gasteiger partial charge in [-0.25, -0.2) is 0 Å². The quantitative estimate of drug-likeness (QED) is 0.436. The summed E-state index contributed by atoms with van der Waals surface area (Å²) in [7, 11) is 0. The van der Waals surface area contributed by atoms with E-state index in [1.165, 1.54) is 0 Å². The van der Waals surface area contributed by atoms with E-state index in [9.17, 15) is 4.79 Å². The van der Waals surface area contributed by atoms with Crippen LogP contribution in [0.5, 0.6) is 0 Å². The van der Waals surface area contributed by atoms with Crippen LogP contribution in [0.25, 0.3) is 0 Å². The van der Waals surface area contributed by atoms with Gasteiger partial charge < -0.3 is 15.8 Å². The highest BCUT2D eigenvalue weighted by Gasteiger charge is 1.99. The average molecular weight is 228 g/mol. The molecule has 0 aliphatic carbocycles. The molecule has 0 fully saturated rings. The van der Waals surface area contributed by atoms with Crippen LogP contribution in [0.4, 0.5) is 0 Å². The van der Waals surface area contributed by atoms with Crippen LogP contribution in [0.15, 0.2) is 12.2 Å². The first-order chi connectivity index (χ1) is 7.66. The highest BCUT2D eigenvalue weighted by Crippen LogP contribution is 1.97. The second-order valence-corrected chi connectivity index (χ2v) is 3.96. The maximum Gasteiger partial charge on any atom is 0.220 e. The minimum absolute atomic E-state index is 0.0935. The second kappa shape index (κ2) is 10.6. The number of carbonyl (C=O) groups excluding carboxylic acids is 1. The summed E-state index contributed by atoms with van der Waals surface area (Å²) < 4.78 is 5.26. The molecule has 0 aliphatic rings. The molecule has 0 spiro atoms. The van der Waals surface area contributed by atoms with E-state index in [2.05, 4.69) is 11.9 Å². The van der Waals surface area contributed by atoms with Gasteiger partial charge in [-0.2, -0.15) is 0 Å². The van der Waals surface area contributed by atoms with Crippen molar-refractivity contribution in [3.63, 3.8) is 0 Å². The fourth-order valence-corrected chi connectivity index (χ4v) is 1.20. The van der Waals surface area contributed by atoms with Crippen LogP contribution in [-0.4, -0.2) is 32.2 Å². The average Bonchev–Trinajstić information content (AvgIpc) is 2.23. The normalized spacial score (nSPS) is 10.1. The molecule has 0 radical (unpaired) electrons. The van der Waals surface area contributed by atoms with Gasteiger partial charge in [-0.15, -0.1) is 0 Å². The van der Waals surface area contributed by atoms with Gasteiger partial charge in [0.15, 0.2) is 0 Å². The number of nitrogens with two attached hydrogens (primary N) is 1. The van der Waals surface area contributed by atoms with Crippen molar-refractivity contribution in [2.24, 2.45) is 5.73 Å². The number of unbranched alkanes of at least 4 members (excludes halogenated alkanes) is 2. The molecule has 1 amide bonds. The van der Waals surface area contributed by atoms with E-state index >= 15 is 0 Å². The molecule has 0 aromatic heterocycles. The summed E-state index contributed by atoms with van der Waals surface area (Å²) in [6.07, 6.45) is 3.52. The maximum atomic E-state index is 11.3. The second-order valence-electron chi connectivity index (χ2n) is 3.96. The van der Waals surface area contributed by atoms with Crippen molar-refractivity contribution in [1.82, 2.24) is 5.32 Å². The monoisotopic (exact) mass is 228 g/mol. The Labute approximate surface area is 98.2 Å². The Morgan fingerprint density at radius 3 is 2.75 bits per heavy atom. The smallest absolute Gasteiger partial charge is 0.220 e. The molecule has 0 bridgehead atoms. The first-order valence-electron chi connectivity index (χ1n) is 5.85. The molecule has 0 atom stereocenters. The first kappa shape index (κ1) is 15.1. The number of nitrogens with one attached hydrogen (secondary N) is 1. The van der Waals surface area contributed by atoms with Gasteiger partial charge in [0.2, 0.25) is 5.91 Å². The van der Waals surface area contributed by atoms with Gasteiger partial charge in [0.1, 0.15) is 0 Å². The van der Waals surface area contributed by atoms with Crippen molar-refractivity contribution < 1.29 is 9.53 Å². The van der Waals surface area contributed by atoms with E-state index in [-0.39, 0.29) is 5.91 Å². The third-order valence-corrected chi connectivity index (χ3v) is 2.02. The van der Waals surface area contributed by atoms with Gasteiger partial charge in [0, 0.05) is 13.0 Å². The van der Waals surface area contributed by atoms with Crippen molar-refractivity contribution in [1.29, 1.82) is 0 Å². The molecule has 16 heavy (non-hydrogen) atoms. The van der Waals surface area contributed by atoms with E-state index in [0.717, 1.165) is 24.8 Å². The zero-order chi connectivity index (χ0) is 12.2. The summed E-state index contributed by atoms with van der Waals surface area (Å²) in [5.74, 6) is 0.0935. The number of hydrogen-bond acceptors (Lipinski definition) is 3. The van der Waals surface area contributed by atoms with Crippen LogP contribution in [-0.2, 0) is 9.53 Å². The summed E-state index contributed by atoms with van der Waals surface area (Å²) in [6, 6.07) is 0. The molecule has 0 unspecified atom stereocenters. The number of amides is 1. The molecule has 0 aromatic rings. The zero-order valence-corrected chi connectivity index (χ0v) is 10.3. The minimum Gasteiger partial charge on any atom is -0.375 e. The number of carbonyl (C=O) groups is 1. The van der Waals surface area contributed by atoms with E-state index in [4.69, 9.17) is 10.5 Å². The Morgan fingerprint density at radius 1 is 1.38 bits per heavy atom. The lowest BCUT2D eigenvalue weighted by molar-refractivity contribution is -0.121. The summed E-state index contributed by atoms with van der Waals surface area (Å²) in [5, 5.41) is 2.81. The molecule has 0 heterocycles. The standard InChI is InChI=1S/C12H24N2O2/c1-11(2)10-16-9-8-14-12(15)6-4-3-5-7-13/h1,3-10,13H2,2H3,(H,14,15). The van der Waals surface area contributed by atoms with E-state index < -0.39 is 0 Å². The van der Waals surface area contributed by atoms with Crippen molar-refractivity contribution in [3.05, 3.63) is 12.2 Å². The number of hydrogen-bond donors (Lipinski definition) is 2. The minimum atomic E-state index is 0.0935. The van der Waals surface area contributed by atoms with Crippen LogP contribution in [0, 0.1) is 0 Å². The van der Waals surface area contributed by atoms with E-state index in [1.54, 1.807) is 0 Å². The Hall–Kier alpha value is -0.870. The van der Waals surface area contributed by atoms with Gasteiger partial charge >= 0.3 is 0 Å². The molecule has 0 saturated carbocycles. The molecule has 0 aliphatic heterocycles. The molecule has 94 valence electrons. The van der Waals surface area contributed by atoms with Gasteiger partial charge in [-0.05, 0) is 26.3 Å². The Balaban J connectivity index is 3.20. The van der Waals surface area contributed by atoms with Gasteiger partial charge in [0.05, 0.1) is 13.2 Å². The van der Waals surface area contributed by atoms with Gasteiger partial charge in [-0.1, -0.05) is 18.6 Å². The molecular weight excluding hydrogens is 204 g/mol. The van der Waals surface area contributed by atoms with Crippen molar-refractivity contribution in [2.45, 2.75) is 32.6 Å². The molecule has 0 rings (SSSR count). The lowest BCUT2D eigenvalue weighted by Crippen LogP contribution is -2.27. The van der Waals surface area contributed by atoms with Crippen molar-refractivity contribution >= 4 is 5.91 Å².